The normalized spacial score (nSPS) is 23.6. The second-order valence-corrected chi connectivity index (χ2v) is 6.01. The molecule has 98 valence electrons. The number of carbonyl (C=O) groups excluding carboxylic acids is 1. The molecule has 1 aromatic rings. The highest BCUT2D eigenvalue weighted by Gasteiger charge is 2.27. The Hall–Kier alpha value is -1.35. The summed E-state index contributed by atoms with van der Waals surface area (Å²) in [5, 5.41) is 2.95. The van der Waals surface area contributed by atoms with E-state index >= 15 is 0 Å². The van der Waals surface area contributed by atoms with E-state index in [1.165, 1.54) is 6.42 Å². The Kier molecular flexibility index (Phi) is 3.31. The van der Waals surface area contributed by atoms with Crippen molar-refractivity contribution in [2.24, 2.45) is 5.92 Å². The van der Waals surface area contributed by atoms with Gasteiger partial charge in [-0.3, -0.25) is 4.79 Å². The lowest BCUT2D eigenvalue weighted by Crippen LogP contribution is -2.06. The number of hydrogen-bond acceptors (Lipinski definition) is 1. The molecule has 19 heavy (non-hydrogen) atoms. The molecule has 1 atom stereocenters. The van der Waals surface area contributed by atoms with E-state index in [2.05, 4.69) is 39.5 Å². The van der Waals surface area contributed by atoms with Gasteiger partial charge in [-0.25, -0.2) is 0 Å². The standard InChI is InChI=1S/C16H16BrNO/c1-10-13(17)7-8-14-15(10)12(16(19)18-14)9-11-5-3-2-4-6-11/h3,5,7-9,11H,2,4,6H2,1H3,(H,18,19). The molecule has 1 unspecified atom stereocenters. The zero-order chi connectivity index (χ0) is 13.4. The van der Waals surface area contributed by atoms with Crippen LogP contribution in [0, 0.1) is 12.8 Å². The zero-order valence-electron chi connectivity index (χ0n) is 10.9. The Morgan fingerprint density at radius 3 is 3.00 bits per heavy atom. The van der Waals surface area contributed by atoms with Crippen molar-refractivity contribution in [2.75, 3.05) is 5.32 Å². The zero-order valence-corrected chi connectivity index (χ0v) is 12.5. The summed E-state index contributed by atoms with van der Waals surface area (Å²) in [5.41, 5.74) is 3.93. The van der Waals surface area contributed by atoms with Gasteiger partial charge in [0, 0.05) is 21.3 Å². The number of amides is 1. The third-order valence-corrected chi connectivity index (χ3v) is 4.69. The Bertz CT molecular complexity index is 601. The molecule has 0 saturated heterocycles. The second kappa shape index (κ2) is 4.97. The molecule has 0 radical (unpaired) electrons. The third kappa shape index (κ3) is 2.27. The summed E-state index contributed by atoms with van der Waals surface area (Å²) in [6.45, 7) is 2.05. The van der Waals surface area contributed by atoms with E-state index in [0.717, 1.165) is 39.7 Å². The van der Waals surface area contributed by atoms with Crippen molar-refractivity contribution in [3.05, 3.63) is 46.0 Å². The molecule has 0 fully saturated rings. The molecule has 1 aliphatic carbocycles. The molecule has 0 saturated carbocycles. The molecule has 2 nitrogen and oxygen atoms in total. The predicted octanol–water partition coefficient (Wildman–Crippen LogP) is 4.45. The lowest BCUT2D eigenvalue weighted by Gasteiger charge is -2.13. The van der Waals surface area contributed by atoms with Gasteiger partial charge >= 0.3 is 0 Å². The molecule has 1 N–H and O–H groups in total. The van der Waals surface area contributed by atoms with E-state index in [1.54, 1.807) is 0 Å². The Morgan fingerprint density at radius 1 is 1.42 bits per heavy atom. The van der Waals surface area contributed by atoms with E-state index in [9.17, 15) is 4.79 Å². The largest absolute Gasteiger partial charge is 0.321 e. The van der Waals surface area contributed by atoms with Crippen molar-refractivity contribution < 1.29 is 4.79 Å². The van der Waals surface area contributed by atoms with Crippen LogP contribution in [0.1, 0.15) is 30.4 Å². The van der Waals surface area contributed by atoms with E-state index in [4.69, 9.17) is 0 Å². The summed E-state index contributed by atoms with van der Waals surface area (Å²) in [6.07, 6.45) is 10.1. The van der Waals surface area contributed by atoms with Crippen molar-refractivity contribution >= 4 is 33.1 Å². The third-order valence-electron chi connectivity index (χ3n) is 3.83. The van der Waals surface area contributed by atoms with Crippen LogP contribution in [0.15, 0.2) is 34.8 Å². The molecular formula is C16H16BrNO. The van der Waals surface area contributed by atoms with Gasteiger partial charge in [0.15, 0.2) is 0 Å². The molecule has 0 bridgehead atoms. The number of fused-ring (bicyclic) bond motifs is 1. The second-order valence-electron chi connectivity index (χ2n) is 5.15. The van der Waals surface area contributed by atoms with Gasteiger partial charge in [0.1, 0.15) is 0 Å². The van der Waals surface area contributed by atoms with Crippen LogP contribution < -0.4 is 5.32 Å². The molecule has 1 aromatic carbocycles. The van der Waals surface area contributed by atoms with E-state index in [1.807, 2.05) is 19.1 Å². The number of allylic oxidation sites excluding steroid dienone is 3. The lowest BCUT2D eigenvalue weighted by molar-refractivity contribution is -0.110. The van der Waals surface area contributed by atoms with Crippen LogP contribution in [-0.4, -0.2) is 5.91 Å². The van der Waals surface area contributed by atoms with Crippen LogP contribution in [0.25, 0.3) is 5.57 Å². The van der Waals surface area contributed by atoms with Gasteiger partial charge in [-0.05, 0) is 49.8 Å². The van der Waals surface area contributed by atoms with Crippen molar-refractivity contribution in [1.82, 2.24) is 0 Å². The minimum absolute atomic E-state index is 0.0233. The molecule has 1 heterocycles. The number of hydrogen-bond donors (Lipinski definition) is 1. The highest BCUT2D eigenvalue weighted by atomic mass is 79.9. The topological polar surface area (TPSA) is 29.1 Å². The van der Waals surface area contributed by atoms with Gasteiger partial charge in [-0.2, -0.15) is 0 Å². The number of halogens is 1. The highest BCUT2D eigenvalue weighted by molar-refractivity contribution is 9.10. The fraction of sp³-hybridized carbons (Fsp3) is 0.312. The lowest BCUT2D eigenvalue weighted by atomic mass is 9.91. The van der Waals surface area contributed by atoms with E-state index in [-0.39, 0.29) is 5.91 Å². The average Bonchev–Trinajstić information content (AvgIpc) is 2.73. The molecule has 1 amide bonds. The van der Waals surface area contributed by atoms with Crippen LogP contribution in [0.3, 0.4) is 0 Å². The van der Waals surface area contributed by atoms with Crippen LogP contribution in [-0.2, 0) is 4.79 Å². The SMILES string of the molecule is Cc1c(Br)ccc2c1C(=CC1C=CCCC1)C(=O)N2. The Balaban J connectivity index is 2.06. The monoisotopic (exact) mass is 317 g/mol. The molecule has 3 heteroatoms. The first kappa shape index (κ1) is 12.7. The summed E-state index contributed by atoms with van der Waals surface area (Å²) in [7, 11) is 0. The molecule has 1 aliphatic heterocycles. The fourth-order valence-electron chi connectivity index (χ4n) is 2.79. The molecule has 0 aromatic heterocycles. The quantitative estimate of drug-likeness (QED) is 0.601. The number of benzene rings is 1. The van der Waals surface area contributed by atoms with Gasteiger partial charge in [-0.1, -0.05) is 34.2 Å². The van der Waals surface area contributed by atoms with Gasteiger partial charge in [-0.15, -0.1) is 0 Å². The first-order valence-electron chi connectivity index (χ1n) is 6.66. The van der Waals surface area contributed by atoms with Crippen molar-refractivity contribution in [2.45, 2.75) is 26.2 Å². The van der Waals surface area contributed by atoms with Crippen molar-refractivity contribution in [3.8, 4) is 0 Å². The molecule has 0 spiro atoms. The molecule has 3 rings (SSSR count). The molecular weight excluding hydrogens is 302 g/mol. The van der Waals surface area contributed by atoms with Crippen LogP contribution in [0.2, 0.25) is 0 Å². The smallest absolute Gasteiger partial charge is 0.256 e. The van der Waals surface area contributed by atoms with Gasteiger partial charge < -0.3 is 5.32 Å². The number of carbonyl (C=O) groups is 1. The highest BCUT2D eigenvalue weighted by Crippen LogP contribution is 2.38. The predicted molar refractivity (Wildman–Crippen MR) is 82.0 cm³/mol. The number of nitrogens with one attached hydrogen (secondary N) is 1. The van der Waals surface area contributed by atoms with Gasteiger partial charge in [0.2, 0.25) is 0 Å². The maximum Gasteiger partial charge on any atom is 0.256 e. The van der Waals surface area contributed by atoms with Crippen LogP contribution in [0.5, 0.6) is 0 Å². The Morgan fingerprint density at radius 2 is 2.26 bits per heavy atom. The summed E-state index contributed by atoms with van der Waals surface area (Å²) >= 11 is 3.54. The average molecular weight is 318 g/mol. The number of anilines is 1. The van der Waals surface area contributed by atoms with Crippen LogP contribution in [0.4, 0.5) is 5.69 Å². The van der Waals surface area contributed by atoms with Crippen LogP contribution >= 0.6 is 15.9 Å². The van der Waals surface area contributed by atoms with Crippen molar-refractivity contribution in [3.63, 3.8) is 0 Å². The minimum Gasteiger partial charge on any atom is -0.321 e. The maximum absolute atomic E-state index is 12.1. The Labute approximate surface area is 121 Å². The summed E-state index contributed by atoms with van der Waals surface area (Å²) in [4.78, 5) is 12.1. The van der Waals surface area contributed by atoms with Crippen molar-refractivity contribution in [1.29, 1.82) is 0 Å². The summed E-state index contributed by atoms with van der Waals surface area (Å²) < 4.78 is 1.05. The van der Waals surface area contributed by atoms with E-state index in [0.29, 0.717) is 5.92 Å². The maximum atomic E-state index is 12.1. The first-order valence-corrected chi connectivity index (χ1v) is 7.45. The first-order chi connectivity index (χ1) is 9.16. The van der Waals surface area contributed by atoms with Gasteiger partial charge in [0.25, 0.3) is 5.91 Å². The summed E-state index contributed by atoms with van der Waals surface area (Å²) in [6, 6.07) is 3.94. The minimum atomic E-state index is 0.0233. The van der Waals surface area contributed by atoms with Gasteiger partial charge in [0.05, 0.1) is 0 Å². The summed E-state index contributed by atoms with van der Waals surface area (Å²) in [5.74, 6) is 0.411. The van der Waals surface area contributed by atoms with E-state index < -0.39 is 0 Å². The molecule has 2 aliphatic rings. The fourth-order valence-corrected chi connectivity index (χ4v) is 3.12. The number of rotatable bonds is 1.